The number of nitrogens with two attached hydrogens (primary N) is 2. The number of hydrogen-bond donors (Lipinski definition) is 2. The molecule has 0 saturated heterocycles. The summed E-state index contributed by atoms with van der Waals surface area (Å²) in [6, 6.07) is 0.451. The summed E-state index contributed by atoms with van der Waals surface area (Å²) in [6.07, 6.45) is 3.88. The molecule has 0 amide bonds. The Kier molecular flexibility index (Phi) is 0.710. The molecule has 3 saturated carbocycles. The molecule has 5 atom stereocenters. The molecule has 0 radical (unpaired) electrons. The van der Waals surface area contributed by atoms with Crippen molar-refractivity contribution in [1.29, 1.82) is 0 Å². The van der Waals surface area contributed by atoms with Gasteiger partial charge in [0, 0.05) is 11.6 Å². The third-order valence-electron chi connectivity index (χ3n) is 4.18. The van der Waals surface area contributed by atoms with Crippen LogP contribution in [0.15, 0.2) is 0 Å². The smallest absolute Gasteiger partial charge is 0.0232 e. The Bertz CT molecular complexity index is 192. The molecule has 0 spiro atoms. The van der Waals surface area contributed by atoms with Gasteiger partial charge in [-0.05, 0) is 37.0 Å². The predicted molar refractivity (Wildman–Crippen MR) is 39.2 cm³/mol. The maximum Gasteiger partial charge on any atom is 0.0232 e. The van der Waals surface area contributed by atoms with Gasteiger partial charge in [-0.25, -0.2) is 0 Å². The number of fused-ring (bicyclic) bond motifs is 4. The normalized spacial score (nSPS) is 70.2. The average molecular weight is 138 g/mol. The van der Waals surface area contributed by atoms with Crippen LogP contribution in [0.2, 0.25) is 0 Å². The second-order valence-corrected chi connectivity index (χ2v) is 4.35. The molecular formula is C8H14N2. The molecule has 3 rings (SSSR count). The van der Waals surface area contributed by atoms with Crippen LogP contribution in [-0.4, -0.2) is 11.6 Å². The van der Waals surface area contributed by atoms with E-state index < -0.39 is 0 Å². The zero-order valence-corrected chi connectivity index (χ0v) is 6.09. The van der Waals surface area contributed by atoms with Crippen LogP contribution in [0.4, 0.5) is 0 Å². The number of hydrogen-bond acceptors (Lipinski definition) is 2. The summed E-state index contributed by atoms with van der Waals surface area (Å²) < 4.78 is 0. The molecule has 4 N–H and O–H groups in total. The maximum atomic E-state index is 6.15. The molecule has 0 aliphatic heterocycles. The second-order valence-electron chi connectivity index (χ2n) is 4.35. The van der Waals surface area contributed by atoms with E-state index in [9.17, 15) is 0 Å². The van der Waals surface area contributed by atoms with Gasteiger partial charge in [0.05, 0.1) is 0 Å². The molecule has 0 bridgehead atoms. The first kappa shape index (κ1) is 5.56. The van der Waals surface area contributed by atoms with E-state index in [-0.39, 0.29) is 5.54 Å². The van der Waals surface area contributed by atoms with Crippen molar-refractivity contribution in [2.75, 3.05) is 0 Å². The highest BCUT2D eigenvalue weighted by Gasteiger charge is 2.70. The highest BCUT2D eigenvalue weighted by molar-refractivity contribution is 5.25. The fourth-order valence-corrected chi connectivity index (χ4v) is 3.49. The summed E-state index contributed by atoms with van der Waals surface area (Å²) in [6.45, 7) is 0. The second kappa shape index (κ2) is 1.28. The summed E-state index contributed by atoms with van der Waals surface area (Å²) in [5, 5.41) is 0. The molecule has 0 aromatic heterocycles. The summed E-state index contributed by atoms with van der Waals surface area (Å²) in [5.74, 6) is 2.53. The summed E-state index contributed by atoms with van der Waals surface area (Å²) >= 11 is 0. The first-order valence-corrected chi connectivity index (χ1v) is 4.28. The Morgan fingerprint density at radius 3 is 2.50 bits per heavy atom. The lowest BCUT2D eigenvalue weighted by atomic mass is 9.34. The third kappa shape index (κ3) is 0.330. The van der Waals surface area contributed by atoms with Gasteiger partial charge < -0.3 is 11.5 Å². The first-order valence-electron chi connectivity index (χ1n) is 4.28. The SMILES string of the molecule is NC1CC2C3CCC3(N)C12. The molecule has 10 heavy (non-hydrogen) atoms. The quantitative estimate of drug-likeness (QED) is 0.497. The van der Waals surface area contributed by atoms with Crippen molar-refractivity contribution in [3.8, 4) is 0 Å². The fourth-order valence-electron chi connectivity index (χ4n) is 3.49. The standard InChI is InChI=1S/C8H14N2/c9-6-3-4-5-1-2-8(5,10)7(4)6/h4-7H,1-3,9-10H2. The van der Waals surface area contributed by atoms with Crippen molar-refractivity contribution in [3.63, 3.8) is 0 Å². The largest absolute Gasteiger partial charge is 0.327 e. The van der Waals surface area contributed by atoms with Gasteiger partial charge in [-0.2, -0.15) is 0 Å². The van der Waals surface area contributed by atoms with Crippen LogP contribution in [0.25, 0.3) is 0 Å². The predicted octanol–water partition coefficient (Wildman–Crippen LogP) is 0.0709. The minimum Gasteiger partial charge on any atom is -0.327 e. The van der Waals surface area contributed by atoms with Gasteiger partial charge in [0.2, 0.25) is 0 Å². The Hall–Kier alpha value is -0.0800. The van der Waals surface area contributed by atoms with Crippen LogP contribution in [0.3, 0.4) is 0 Å². The van der Waals surface area contributed by atoms with Crippen molar-refractivity contribution < 1.29 is 0 Å². The molecule has 5 unspecified atom stereocenters. The van der Waals surface area contributed by atoms with Crippen LogP contribution in [0.5, 0.6) is 0 Å². The van der Waals surface area contributed by atoms with Crippen LogP contribution >= 0.6 is 0 Å². The lowest BCUT2D eigenvalue weighted by Crippen LogP contribution is -2.82. The zero-order chi connectivity index (χ0) is 6.93. The molecule has 2 heteroatoms. The van der Waals surface area contributed by atoms with E-state index in [1.54, 1.807) is 0 Å². The van der Waals surface area contributed by atoms with E-state index >= 15 is 0 Å². The van der Waals surface area contributed by atoms with Gasteiger partial charge in [0.1, 0.15) is 0 Å². The summed E-state index contributed by atoms with van der Waals surface area (Å²) in [5.41, 5.74) is 12.2. The van der Waals surface area contributed by atoms with Crippen molar-refractivity contribution in [2.45, 2.75) is 30.8 Å². The maximum absolute atomic E-state index is 6.15. The van der Waals surface area contributed by atoms with E-state index in [0.717, 1.165) is 11.8 Å². The minimum absolute atomic E-state index is 0.225. The lowest BCUT2D eigenvalue weighted by molar-refractivity contribution is -0.197. The number of rotatable bonds is 0. The van der Waals surface area contributed by atoms with Gasteiger partial charge in [-0.15, -0.1) is 0 Å². The first-order chi connectivity index (χ1) is 4.73. The minimum atomic E-state index is 0.225. The molecule has 56 valence electrons. The van der Waals surface area contributed by atoms with Crippen molar-refractivity contribution >= 4 is 0 Å². The van der Waals surface area contributed by atoms with Crippen molar-refractivity contribution in [3.05, 3.63) is 0 Å². The molecule has 0 aromatic rings. The molecule has 3 aliphatic carbocycles. The Morgan fingerprint density at radius 2 is 2.20 bits per heavy atom. The Labute approximate surface area is 61.0 Å². The van der Waals surface area contributed by atoms with Crippen LogP contribution in [-0.2, 0) is 0 Å². The summed E-state index contributed by atoms with van der Waals surface area (Å²) in [7, 11) is 0. The molecule has 0 aromatic carbocycles. The molecule has 3 fully saturated rings. The summed E-state index contributed by atoms with van der Waals surface area (Å²) in [4.78, 5) is 0. The van der Waals surface area contributed by atoms with Gasteiger partial charge in [0.25, 0.3) is 0 Å². The van der Waals surface area contributed by atoms with E-state index in [0.29, 0.717) is 12.0 Å². The van der Waals surface area contributed by atoms with Gasteiger partial charge in [-0.1, -0.05) is 0 Å². The fraction of sp³-hybridized carbons (Fsp3) is 1.00. The Morgan fingerprint density at radius 1 is 1.40 bits per heavy atom. The van der Waals surface area contributed by atoms with Crippen LogP contribution in [0, 0.1) is 17.8 Å². The van der Waals surface area contributed by atoms with Gasteiger partial charge in [-0.3, -0.25) is 0 Å². The monoisotopic (exact) mass is 138 g/mol. The van der Waals surface area contributed by atoms with Crippen LogP contribution < -0.4 is 11.5 Å². The highest BCUT2D eigenvalue weighted by Crippen LogP contribution is 2.67. The van der Waals surface area contributed by atoms with E-state index in [2.05, 4.69) is 0 Å². The van der Waals surface area contributed by atoms with Gasteiger partial charge >= 0.3 is 0 Å². The molecular weight excluding hydrogens is 124 g/mol. The lowest BCUT2D eigenvalue weighted by Gasteiger charge is -2.74. The van der Waals surface area contributed by atoms with E-state index in [1.807, 2.05) is 0 Å². The molecule has 0 heterocycles. The topological polar surface area (TPSA) is 52.0 Å². The Balaban J connectivity index is 1.88. The highest BCUT2D eigenvalue weighted by atomic mass is 15.0. The molecule has 2 nitrogen and oxygen atoms in total. The van der Waals surface area contributed by atoms with Crippen molar-refractivity contribution in [2.24, 2.45) is 29.2 Å². The molecule has 3 aliphatic rings. The van der Waals surface area contributed by atoms with Crippen molar-refractivity contribution in [1.82, 2.24) is 0 Å². The van der Waals surface area contributed by atoms with Gasteiger partial charge in [0.15, 0.2) is 0 Å². The van der Waals surface area contributed by atoms with E-state index in [4.69, 9.17) is 11.5 Å². The average Bonchev–Trinajstić information content (AvgIpc) is 1.84. The van der Waals surface area contributed by atoms with Crippen LogP contribution in [0.1, 0.15) is 19.3 Å². The zero-order valence-electron chi connectivity index (χ0n) is 6.09. The van der Waals surface area contributed by atoms with E-state index in [1.165, 1.54) is 19.3 Å². The third-order valence-corrected chi connectivity index (χ3v) is 4.18.